The maximum absolute atomic E-state index is 12.8. The van der Waals surface area contributed by atoms with Crippen molar-refractivity contribution in [2.75, 3.05) is 6.61 Å². The predicted octanol–water partition coefficient (Wildman–Crippen LogP) is -2.67. The summed E-state index contributed by atoms with van der Waals surface area (Å²) in [5.41, 5.74) is 6.52. The minimum Gasteiger partial charge on any atom is -0.481 e. The SMILES string of the molecule is CCC(C)C(NC(=O)C(N)Cc1cnc[nH]1)C(=O)NC(CO)C(=O)NC(CC(=O)O)C(=O)O. The number of hydrogen-bond donors (Lipinski definition) is 8. The van der Waals surface area contributed by atoms with Gasteiger partial charge in [-0.1, -0.05) is 20.3 Å². The molecule has 0 aliphatic rings. The highest BCUT2D eigenvalue weighted by Gasteiger charge is 2.32. The van der Waals surface area contributed by atoms with E-state index in [-0.39, 0.29) is 12.3 Å². The number of carbonyl (C=O) groups is 5. The number of aliphatic hydroxyl groups excluding tert-OH is 1. The Labute approximate surface area is 189 Å². The molecule has 5 unspecified atom stereocenters. The number of aliphatic hydroxyl groups is 1. The fraction of sp³-hybridized carbons (Fsp3) is 0.579. The highest BCUT2D eigenvalue weighted by Crippen LogP contribution is 2.09. The van der Waals surface area contributed by atoms with Crippen molar-refractivity contribution >= 4 is 29.7 Å². The number of carboxylic acid groups (broad SMARTS) is 2. The van der Waals surface area contributed by atoms with Gasteiger partial charge in [-0.05, 0) is 5.92 Å². The summed E-state index contributed by atoms with van der Waals surface area (Å²) in [5.74, 6) is -5.95. The van der Waals surface area contributed by atoms with Gasteiger partial charge >= 0.3 is 11.9 Å². The lowest BCUT2D eigenvalue weighted by Gasteiger charge is -2.27. The lowest BCUT2D eigenvalue weighted by molar-refractivity contribution is -0.147. The third-order valence-electron chi connectivity index (χ3n) is 4.93. The van der Waals surface area contributed by atoms with Crippen LogP contribution < -0.4 is 21.7 Å². The van der Waals surface area contributed by atoms with Gasteiger partial charge in [0.25, 0.3) is 0 Å². The van der Waals surface area contributed by atoms with Gasteiger partial charge in [-0.25, -0.2) is 9.78 Å². The number of nitrogens with zero attached hydrogens (tertiary/aromatic N) is 1. The van der Waals surface area contributed by atoms with Gasteiger partial charge in [0.1, 0.15) is 18.1 Å². The number of H-pyrrole nitrogens is 1. The van der Waals surface area contributed by atoms with Crippen molar-refractivity contribution in [1.29, 1.82) is 0 Å². The van der Waals surface area contributed by atoms with Crippen molar-refractivity contribution in [3.63, 3.8) is 0 Å². The van der Waals surface area contributed by atoms with Crippen LogP contribution in [0.3, 0.4) is 0 Å². The first-order valence-electron chi connectivity index (χ1n) is 10.2. The van der Waals surface area contributed by atoms with Gasteiger partial charge in [0.2, 0.25) is 17.7 Å². The van der Waals surface area contributed by atoms with Crippen LogP contribution in [0.15, 0.2) is 12.5 Å². The number of aliphatic carboxylic acids is 2. The van der Waals surface area contributed by atoms with Gasteiger partial charge in [0.05, 0.1) is 25.4 Å². The van der Waals surface area contributed by atoms with Crippen LogP contribution in [0.1, 0.15) is 32.4 Å². The topological polar surface area (TPSA) is 237 Å². The molecule has 184 valence electrons. The summed E-state index contributed by atoms with van der Waals surface area (Å²) in [4.78, 5) is 66.2. The number of carboxylic acids is 2. The molecule has 0 saturated heterocycles. The van der Waals surface area contributed by atoms with Crippen molar-refractivity contribution in [3.05, 3.63) is 18.2 Å². The van der Waals surface area contributed by atoms with E-state index in [9.17, 15) is 29.1 Å². The Morgan fingerprint density at radius 2 is 1.70 bits per heavy atom. The number of aromatic nitrogens is 2. The fourth-order valence-electron chi connectivity index (χ4n) is 2.79. The quantitative estimate of drug-likeness (QED) is 0.140. The molecule has 0 radical (unpaired) electrons. The molecule has 1 aromatic rings. The number of amides is 3. The average Bonchev–Trinajstić information content (AvgIpc) is 3.26. The molecule has 1 heterocycles. The Balaban J connectivity index is 2.85. The molecule has 3 amide bonds. The zero-order valence-electron chi connectivity index (χ0n) is 18.3. The van der Waals surface area contributed by atoms with Crippen LogP contribution in [-0.4, -0.2) is 85.7 Å². The lowest BCUT2D eigenvalue weighted by atomic mass is 9.97. The third-order valence-corrected chi connectivity index (χ3v) is 4.93. The van der Waals surface area contributed by atoms with Crippen molar-refractivity contribution in [2.24, 2.45) is 11.7 Å². The zero-order chi connectivity index (χ0) is 25.1. The van der Waals surface area contributed by atoms with Gasteiger partial charge in [0, 0.05) is 18.3 Å². The second-order valence-electron chi connectivity index (χ2n) is 7.50. The highest BCUT2D eigenvalue weighted by molar-refractivity contribution is 5.94. The summed E-state index contributed by atoms with van der Waals surface area (Å²) in [6, 6.07) is -5.43. The van der Waals surface area contributed by atoms with Gasteiger partial charge in [-0.2, -0.15) is 0 Å². The van der Waals surface area contributed by atoms with E-state index in [0.717, 1.165) is 0 Å². The first-order chi connectivity index (χ1) is 15.5. The molecule has 33 heavy (non-hydrogen) atoms. The largest absolute Gasteiger partial charge is 0.481 e. The van der Waals surface area contributed by atoms with Gasteiger partial charge in [0.15, 0.2) is 0 Å². The number of hydrogen-bond acceptors (Lipinski definition) is 8. The number of nitrogens with one attached hydrogen (secondary N) is 4. The van der Waals surface area contributed by atoms with Crippen LogP contribution in [0, 0.1) is 5.92 Å². The molecule has 14 heteroatoms. The van der Waals surface area contributed by atoms with E-state index in [2.05, 4.69) is 20.6 Å². The zero-order valence-corrected chi connectivity index (χ0v) is 18.3. The van der Waals surface area contributed by atoms with Crippen molar-refractivity contribution in [3.8, 4) is 0 Å². The van der Waals surface area contributed by atoms with Crippen LogP contribution in [-0.2, 0) is 30.4 Å². The van der Waals surface area contributed by atoms with E-state index >= 15 is 0 Å². The summed E-state index contributed by atoms with van der Waals surface area (Å²) >= 11 is 0. The highest BCUT2D eigenvalue weighted by atomic mass is 16.4. The predicted molar refractivity (Wildman–Crippen MR) is 112 cm³/mol. The summed E-state index contributed by atoms with van der Waals surface area (Å²) in [5, 5.41) is 34.1. The maximum Gasteiger partial charge on any atom is 0.326 e. The van der Waals surface area contributed by atoms with Crippen LogP contribution in [0.5, 0.6) is 0 Å². The second-order valence-corrected chi connectivity index (χ2v) is 7.50. The van der Waals surface area contributed by atoms with Gasteiger partial charge < -0.3 is 42.0 Å². The Morgan fingerprint density at radius 3 is 2.18 bits per heavy atom. The molecule has 14 nitrogen and oxygen atoms in total. The Bertz CT molecular complexity index is 830. The third kappa shape index (κ3) is 8.86. The second kappa shape index (κ2) is 13.1. The monoisotopic (exact) mass is 470 g/mol. The number of imidazole rings is 1. The summed E-state index contributed by atoms with van der Waals surface area (Å²) in [6.07, 6.45) is 2.66. The summed E-state index contributed by atoms with van der Waals surface area (Å²) in [7, 11) is 0. The molecular weight excluding hydrogens is 440 g/mol. The molecule has 0 aliphatic carbocycles. The molecule has 0 aromatic carbocycles. The summed E-state index contributed by atoms with van der Waals surface area (Å²) < 4.78 is 0. The Kier molecular flexibility index (Phi) is 10.9. The number of rotatable bonds is 14. The minimum atomic E-state index is -1.76. The molecule has 0 fully saturated rings. The van der Waals surface area contributed by atoms with Crippen LogP contribution in [0.4, 0.5) is 0 Å². The normalized spacial score (nSPS) is 15.4. The molecule has 0 spiro atoms. The van der Waals surface area contributed by atoms with Crippen molar-refractivity contribution in [1.82, 2.24) is 25.9 Å². The Morgan fingerprint density at radius 1 is 1.06 bits per heavy atom. The maximum atomic E-state index is 12.8. The summed E-state index contributed by atoms with van der Waals surface area (Å²) in [6.45, 7) is 2.57. The molecule has 1 aromatic heterocycles. The smallest absolute Gasteiger partial charge is 0.326 e. The van der Waals surface area contributed by atoms with E-state index < -0.39 is 66.9 Å². The number of nitrogens with two attached hydrogens (primary N) is 1. The standard InChI is InChI=1S/C19H30N6O8/c1-3-9(2)15(25-16(29)11(20)4-10-6-21-8-22-10)18(31)24-13(7-26)17(30)23-12(19(32)33)5-14(27)28/h6,8-9,11-13,15,26H,3-5,7,20H2,1-2H3,(H,21,22)(H,23,30)(H,24,31)(H,25,29)(H,27,28)(H,32,33). The van der Waals surface area contributed by atoms with Crippen molar-refractivity contribution in [2.45, 2.75) is 57.3 Å². The van der Waals surface area contributed by atoms with E-state index in [1.165, 1.54) is 12.5 Å². The van der Waals surface area contributed by atoms with Crippen LogP contribution in [0.25, 0.3) is 0 Å². The molecular formula is C19H30N6O8. The van der Waals surface area contributed by atoms with E-state index in [4.69, 9.17) is 15.9 Å². The van der Waals surface area contributed by atoms with E-state index in [0.29, 0.717) is 12.1 Å². The van der Waals surface area contributed by atoms with Gasteiger partial charge in [-0.3, -0.25) is 19.2 Å². The van der Waals surface area contributed by atoms with Crippen molar-refractivity contribution < 1.29 is 39.3 Å². The molecule has 1 rings (SSSR count). The number of aromatic amines is 1. The Hall–Kier alpha value is -3.52. The van der Waals surface area contributed by atoms with E-state index in [1.807, 2.05) is 5.32 Å². The first kappa shape index (κ1) is 27.5. The van der Waals surface area contributed by atoms with E-state index in [1.54, 1.807) is 13.8 Å². The molecule has 9 N–H and O–H groups in total. The van der Waals surface area contributed by atoms with Gasteiger partial charge in [-0.15, -0.1) is 0 Å². The molecule has 5 atom stereocenters. The molecule has 0 saturated carbocycles. The molecule has 0 aliphatic heterocycles. The number of carbonyl (C=O) groups excluding carboxylic acids is 3. The molecule has 0 bridgehead atoms. The minimum absolute atomic E-state index is 0.141. The van der Waals surface area contributed by atoms with Crippen LogP contribution in [0.2, 0.25) is 0 Å². The lowest BCUT2D eigenvalue weighted by Crippen LogP contribution is -2.59. The average molecular weight is 470 g/mol. The fourth-order valence-corrected chi connectivity index (χ4v) is 2.79. The first-order valence-corrected chi connectivity index (χ1v) is 10.2. The van der Waals surface area contributed by atoms with Crippen LogP contribution >= 0.6 is 0 Å².